The highest BCUT2D eigenvalue weighted by Gasteiger charge is 2.21. The zero-order chi connectivity index (χ0) is 14.8. The molecule has 0 aliphatic carbocycles. The van der Waals surface area contributed by atoms with E-state index in [1.54, 1.807) is 18.2 Å². The van der Waals surface area contributed by atoms with Gasteiger partial charge in [0.25, 0.3) is 0 Å². The summed E-state index contributed by atoms with van der Waals surface area (Å²) in [6.07, 6.45) is 2.14. The summed E-state index contributed by atoms with van der Waals surface area (Å²) in [5, 5.41) is 9.26. The van der Waals surface area contributed by atoms with Gasteiger partial charge in [-0.2, -0.15) is 10.2 Å². The first-order valence-electron chi connectivity index (χ1n) is 6.78. The second-order valence-corrected chi connectivity index (χ2v) is 4.92. The Kier molecular flexibility index (Phi) is 3.40. The van der Waals surface area contributed by atoms with E-state index in [1.807, 2.05) is 11.0 Å². The lowest BCUT2D eigenvalue weighted by atomic mass is 10.1. The van der Waals surface area contributed by atoms with Crippen molar-refractivity contribution in [1.82, 2.24) is 9.97 Å². The molecule has 5 nitrogen and oxygen atoms in total. The zero-order valence-corrected chi connectivity index (χ0v) is 11.4. The summed E-state index contributed by atoms with van der Waals surface area (Å²) >= 11 is 0. The molecule has 1 saturated heterocycles. The number of aromatic nitrogens is 2. The normalized spacial score (nSPS) is 14.2. The molecule has 3 rings (SSSR count). The predicted molar refractivity (Wildman–Crippen MR) is 78.0 cm³/mol. The van der Waals surface area contributed by atoms with Gasteiger partial charge in [0.15, 0.2) is 0 Å². The Hall–Kier alpha value is -2.68. The number of nitrogens with two attached hydrogens (primary N) is 1. The molecule has 0 amide bonds. The molecule has 1 aliphatic heterocycles. The Morgan fingerprint density at radius 2 is 1.90 bits per heavy atom. The Labute approximate surface area is 121 Å². The Balaban J connectivity index is 2.18. The minimum atomic E-state index is -0.431. The van der Waals surface area contributed by atoms with Crippen molar-refractivity contribution in [3.8, 4) is 17.3 Å². The summed E-state index contributed by atoms with van der Waals surface area (Å²) in [4.78, 5) is 10.6. The molecule has 2 heterocycles. The van der Waals surface area contributed by atoms with Crippen LogP contribution in [0.4, 0.5) is 16.2 Å². The molecule has 1 aliphatic rings. The molecule has 0 spiro atoms. The van der Waals surface area contributed by atoms with Crippen LogP contribution in [0.5, 0.6) is 0 Å². The molecule has 2 N–H and O–H groups in total. The molecule has 0 saturated carbocycles. The Morgan fingerprint density at radius 3 is 2.57 bits per heavy atom. The minimum absolute atomic E-state index is 0.0904. The topological polar surface area (TPSA) is 78.8 Å². The number of hydrogen-bond acceptors (Lipinski definition) is 5. The van der Waals surface area contributed by atoms with Crippen LogP contribution < -0.4 is 10.6 Å². The average molecular weight is 283 g/mol. The highest BCUT2D eigenvalue weighted by Crippen LogP contribution is 2.29. The van der Waals surface area contributed by atoms with Gasteiger partial charge in [-0.1, -0.05) is 12.1 Å². The summed E-state index contributed by atoms with van der Waals surface area (Å²) < 4.78 is 14.0. The maximum absolute atomic E-state index is 14.0. The molecule has 1 aromatic carbocycles. The van der Waals surface area contributed by atoms with Crippen LogP contribution in [0.15, 0.2) is 24.3 Å². The lowest BCUT2D eigenvalue weighted by Crippen LogP contribution is -2.21. The molecule has 106 valence electrons. The second-order valence-electron chi connectivity index (χ2n) is 4.92. The lowest BCUT2D eigenvalue weighted by molar-refractivity contribution is 0.630. The van der Waals surface area contributed by atoms with E-state index in [0.29, 0.717) is 5.95 Å². The van der Waals surface area contributed by atoms with Crippen LogP contribution in [0.1, 0.15) is 18.4 Å². The molecule has 2 aromatic rings. The number of hydrogen-bond donors (Lipinski definition) is 1. The number of benzene rings is 1. The fraction of sp³-hybridized carbons (Fsp3) is 0.267. The quantitative estimate of drug-likeness (QED) is 0.915. The van der Waals surface area contributed by atoms with Crippen LogP contribution in [-0.4, -0.2) is 23.1 Å². The summed E-state index contributed by atoms with van der Waals surface area (Å²) in [5.41, 5.74) is 6.50. The van der Waals surface area contributed by atoms with E-state index in [0.717, 1.165) is 25.9 Å². The van der Waals surface area contributed by atoms with E-state index < -0.39 is 5.82 Å². The number of rotatable bonds is 2. The highest BCUT2D eigenvalue weighted by molar-refractivity contribution is 5.73. The van der Waals surface area contributed by atoms with Crippen LogP contribution in [0.25, 0.3) is 11.3 Å². The smallest absolute Gasteiger partial charge is 0.227 e. The lowest BCUT2D eigenvalue weighted by Gasteiger charge is -2.17. The van der Waals surface area contributed by atoms with Gasteiger partial charge in [0.05, 0.1) is 5.69 Å². The number of nitriles is 1. The fourth-order valence-electron chi connectivity index (χ4n) is 2.48. The van der Waals surface area contributed by atoms with Gasteiger partial charge in [-0.3, -0.25) is 0 Å². The summed E-state index contributed by atoms with van der Waals surface area (Å²) in [7, 11) is 0. The number of halogens is 1. The Bertz CT molecular complexity index is 716. The fourth-order valence-corrected chi connectivity index (χ4v) is 2.48. The largest absolute Gasteiger partial charge is 0.382 e. The molecular weight excluding hydrogens is 269 g/mol. The van der Waals surface area contributed by atoms with Gasteiger partial charge < -0.3 is 10.6 Å². The van der Waals surface area contributed by atoms with Crippen molar-refractivity contribution in [3.63, 3.8) is 0 Å². The molecule has 0 unspecified atom stereocenters. The molecule has 21 heavy (non-hydrogen) atoms. The predicted octanol–water partition coefficient (Wildman–Crippen LogP) is 2.34. The van der Waals surface area contributed by atoms with E-state index in [9.17, 15) is 9.65 Å². The summed E-state index contributed by atoms with van der Waals surface area (Å²) in [6, 6.07) is 8.19. The zero-order valence-electron chi connectivity index (χ0n) is 11.4. The second kappa shape index (κ2) is 5.37. The van der Waals surface area contributed by atoms with Crippen LogP contribution in [-0.2, 0) is 0 Å². The Morgan fingerprint density at radius 1 is 1.19 bits per heavy atom. The maximum Gasteiger partial charge on any atom is 0.227 e. The van der Waals surface area contributed by atoms with Gasteiger partial charge in [-0.15, -0.1) is 0 Å². The molecular formula is C15H14FN5. The molecule has 1 fully saturated rings. The molecule has 6 heteroatoms. The van der Waals surface area contributed by atoms with Crippen LogP contribution in [0.2, 0.25) is 0 Å². The van der Waals surface area contributed by atoms with Gasteiger partial charge in [0.1, 0.15) is 23.3 Å². The monoisotopic (exact) mass is 283 g/mol. The first-order chi connectivity index (χ1) is 10.2. The number of nitrogens with zero attached hydrogens (tertiary/aromatic N) is 4. The first-order valence-corrected chi connectivity index (χ1v) is 6.78. The van der Waals surface area contributed by atoms with Gasteiger partial charge in [0.2, 0.25) is 5.95 Å². The van der Waals surface area contributed by atoms with Crippen LogP contribution in [0.3, 0.4) is 0 Å². The number of nitrogen functional groups attached to an aromatic ring is 1. The van der Waals surface area contributed by atoms with Crippen molar-refractivity contribution in [2.45, 2.75) is 12.8 Å². The van der Waals surface area contributed by atoms with Crippen molar-refractivity contribution in [3.05, 3.63) is 35.6 Å². The standard InChI is InChI=1S/C15H14FN5/c16-12-6-2-1-5-10(12)13-11(9-17)14(18)20-15(19-13)21-7-3-4-8-21/h1-2,5-6H,3-4,7-8H2,(H2,18,19,20). The van der Waals surface area contributed by atoms with E-state index in [4.69, 9.17) is 5.73 Å². The van der Waals surface area contributed by atoms with Gasteiger partial charge in [0, 0.05) is 18.7 Å². The highest BCUT2D eigenvalue weighted by atomic mass is 19.1. The average Bonchev–Trinajstić information content (AvgIpc) is 3.01. The SMILES string of the molecule is N#Cc1c(N)nc(N2CCCC2)nc1-c1ccccc1F. The van der Waals surface area contributed by atoms with Crippen molar-refractivity contribution in [1.29, 1.82) is 5.26 Å². The number of anilines is 2. The molecule has 1 aromatic heterocycles. The third-order valence-electron chi connectivity index (χ3n) is 3.55. The van der Waals surface area contributed by atoms with Crippen molar-refractivity contribution in [2.75, 3.05) is 23.7 Å². The summed E-state index contributed by atoms with van der Waals surface area (Å²) in [6.45, 7) is 1.70. The van der Waals surface area contributed by atoms with E-state index in [1.165, 1.54) is 6.07 Å². The van der Waals surface area contributed by atoms with E-state index >= 15 is 0 Å². The van der Waals surface area contributed by atoms with Crippen LogP contribution in [0, 0.1) is 17.1 Å². The van der Waals surface area contributed by atoms with E-state index in [-0.39, 0.29) is 22.6 Å². The maximum atomic E-state index is 14.0. The molecule has 0 bridgehead atoms. The van der Waals surface area contributed by atoms with Crippen molar-refractivity contribution < 1.29 is 4.39 Å². The van der Waals surface area contributed by atoms with Crippen molar-refractivity contribution in [2.24, 2.45) is 0 Å². The van der Waals surface area contributed by atoms with E-state index in [2.05, 4.69) is 9.97 Å². The van der Waals surface area contributed by atoms with Gasteiger partial charge in [-0.25, -0.2) is 9.37 Å². The molecule has 0 radical (unpaired) electrons. The third-order valence-corrected chi connectivity index (χ3v) is 3.55. The first kappa shape index (κ1) is 13.3. The van der Waals surface area contributed by atoms with Crippen LogP contribution >= 0.6 is 0 Å². The minimum Gasteiger partial charge on any atom is -0.382 e. The summed E-state index contributed by atoms with van der Waals surface area (Å²) in [5.74, 6) is 0.120. The molecule has 0 atom stereocenters. The third kappa shape index (κ3) is 2.38. The van der Waals surface area contributed by atoms with Gasteiger partial charge in [-0.05, 0) is 25.0 Å². The van der Waals surface area contributed by atoms with Crippen molar-refractivity contribution >= 4 is 11.8 Å². The van der Waals surface area contributed by atoms with Gasteiger partial charge >= 0.3 is 0 Å².